The van der Waals surface area contributed by atoms with Crippen molar-refractivity contribution in [1.29, 1.82) is 0 Å². The van der Waals surface area contributed by atoms with Crippen molar-refractivity contribution in [3.8, 4) is 0 Å². The highest BCUT2D eigenvalue weighted by molar-refractivity contribution is 5.14. The second kappa shape index (κ2) is 4.50. The molecule has 2 atom stereocenters. The number of nitrogens with zero attached hydrogens (tertiary/aromatic N) is 1. The first-order chi connectivity index (χ1) is 6.16. The second-order valence-electron chi connectivity index (χ2n) is 4.17. The first kappa shape index (κ1) is 10.4. The molecule has 0 amide bonds. The summed E-state index contributed by atoms with van der Waals surface area (Å²) in [6.45, 7) is 9.10. The molecule has 0 aromatic carbocycles. The molecule has 1 heterocycles. The molecule has 1 aliphatic heterocycles. The van der Waals surface area contributed by atoms with Gasteiger partial charge in [0.15, 0.2) is 0 Å². The summed E-state index contributed by atoms with van der Waals surface area (Å²) >= 11 is 0. The molecule has 1 rings (SSSR count). The molecule has 74 valence electrons. The van der Waals surface area contributed by atoms with Gasteiger partial charge in [-0.2, -0.15) is 0 Å². The van der Waals surface area contributed by atoms with Gasteiger partial charge in [0, 0.05) is 12.1 Å². The van der Waals surface area contributed by atoms with E-state index in [1.165, 1.54) is 6.42 Å². The van der Waals surface area contributed by atoms with E-state index in [4.69, 9.17) is 0 Å². The summed E-state index contributed by atoms with van der Waals surface area (Å²) in [6, 6.07) is 1.23. The van der Waals surface area contributed by atoms with E-state index in [-0.39, 0.29) is 0 Å². The van der Waals surface area contributed by atoms with Crippen LogP contribution in [0.5, 0.6) is 0 Å². The molecular formula is C12H21N. The van der Waals surface area contributed by atoms with Gasteiger partial charge < -0.3 is 4.90 Å². The minimum Gasteiger partial charge on any atom is -0.368 e. The number of hydrogen-bond acceptors (Lipinski definition) is 1. The minimum absolute atomic E-state index is 0.583. The van der Waals surface area contributed by atoms with Crippen LogP contribution in [0.2, 0.25) is 0 Å². The summed E-state index contributed by atoms with van der Waals surface area (Å²) in [5.41, 5.74) is 0. The molecule has 1 heteroatoms. The fourth-order valence-electron chi connectivity index (χ4n) is 1.74. The van der Waals surface area contributed by atoms with Crippen LogP contribution in [0.25, 0.3) is 0 Å². The van der Waals surface area contributed by atoms with E-state index in [9.17, 15) is 0 Å². The molecule has 0 aliphatic carbocycles. The smallest absolute Gasteiger partial charge is 0.0496 e. The van der Waals surface area contributed by atoms with Crippen molar-refractivity contribution in [1.82, 2.24) is 4.90 Å². The number of rotatable bonds is 3. The largest absolute Gasteiger partial charge is 0.368 e. The Morgan fingerprint density at radius 2 is 1.92 bits per heavy atom. The Labute approximate surface area is 82.1 Å². The van der Waals surface area contributed by atoms with E-state index in [2.05, 4.69) is 57.0 Å². The van der Waals surface area contributed by atoms with Crippen LogP contribution in [0.3, 0.4) is 0 Å². The highest BCUT2D eigenvalue weighted by Gasteiger charge is 2.21. The molecular weight excluding hydrogens is 158 g/mol. The van der Waals surface area contributed by atoms with Crippen LogP contribution in [0, 0.1) is 5.92 Å². The normalized spacial score (nSPS) is 24.1. The van der Waals surface area contributed by atoms with Gasteiger partial charge >= 0.3 is 0 Å². The van der Waals surface area contributed by atoms with Crippen LogP contribution in [0.1, 0.15) is 34.1 Å². The third-order valence-corrected chi connectivity index (χ3v) is 2.80. The van der Waals surface area contributed by atoms with Crippen molar-refractivity contribution in [3.05, 3.63) is 24.4 Å². The van der Waals surface area contributed by atoms with E-state index in [1.807, 2.05) is 0 Å². The van der Waals surface area contributed by atoms with Crippen molar-refractivity contribution >= 4 is 0 Å². The van der Waals surface area contributed by atoms with Crippen LogP contribution in [-0.4, -0.2) is 17.0 Å². The lowest BCUT2D eigenvalue weighted by molar-refractivity contribution is 0.201. The Morgan fingerprint density at radius 1 is 1.23 bits per heavy atom. The van der Waals surface area contributed by atoms with Crippen LogP contribution in [0.4, 0.5) is 0 Å². The zero-order valence-corrected chi connectivity index (χ0v) is 9.20. The maximum absolute atomic E-state index is 2.46. The fourth-order valence-corrected chi connectivity index (χ4v) is 1.74. The van der Waals surface area contributed by atoms with E-state index in [1.54, 1.807) is 0 Å². The van der Waals surface area contributed by atoms with Crippen molar-refractivity contribution in [2.75, 3.05) is 0 Å². The molecule has 0 bridgehead atoms. The van der Waals surface area contributed by atoms with Gasteiger partial charge in [0.2, 0.25) is 0 Å². The minimum atomic E-state index is 0.583. The van der Waals surface area contributed by atoms with E-state index >= 15 is 0 Å². The molecule has 0 fully saturated rings. The maximum Gasteiger partial charge on any atom is 0.0496 e. The maximum atomic E-state index is 2.46. The second-order valence-corrected chi connectivity index (χ2v) is 4.17. The molecule has 0 aromatic heterocycles. The monoisotopic (exact) mass is 179 g/mol. The molecule has 2 unspecified atom stereocenters. The zero-order chi connectivity index (χ0) is 9.84. The predicted molar refractivity (Wildman–Crippen MR) is 58.5 cm³/mol. The van der Waals surface area contributed by atoms with Crippen LogP contribution < -0.4 is 0 Å². The van der Waals surface area contributed by atoms with Gasteiger partial charge in [-0.15, -0.1) is 0 Å². The van der Waals surface area contributed by atoms with Gasteiger partial charge in [0.05, 0.1) is 0 Å². The lowest BCUT2D eigenvalue weighted by Crippen LogP contribution is -2.40. The van der Waals surface area contributed by atoms with Gasteiger partial charge in [0.25, 0.3) is 0 Å². The highest BCUT2D eigenvalue weighted by atomic mass is 15.2. The predicted octanol–water partition coefficient (Wildman–Crippen LogP) is 3.20. The molecule has 0 spiro atoms. The molecule has 0 saturated carbocycles. The summed E-state index contributed by atoms with van der Waals surface area (Å²) in [5.74, 6) is 0.690. The van der Waals surface area contributed by atoms with Gasteiger partial charge in [-0.1, -0.05) is 32.9 Å². The van der Waals surface area contributed by atoms with E-state index in [0.29, 0.717) is 18.0 Å². The van der Waals surface area contributed by atoms with Gasteiger partial charge in [-0.05, 0) is 31.5 Å². The SMILES string of the molecule is CCC(C)N1C=CC=CC1C(C)C. The Balaban J connectivity index is 2.70. The lowest BCUT2D eigenvalue weighted by Gasteiger charge is -2.37. The third-order valence-electron chi connectivity index (χ3n) is 2.80. The van der Waals surface area contributed by atoms with Gasteiger partial charge in [0.1, 0.15) is 0 Å². The lowest BCUT2D eigenvalue weighted by atomic mass is 9.98. The van der Waals surface area contributed by atoms with E-state index in [0.717, 1.165) is 0 Å². The Bertz CT molecular complexity index is 203. The van der Waals surface area contributed by atoms with Gasteiger partial charge in [-0.25, -0.2) is 0 Å². The van der Waals surface area contributed by atoms with Crippen molar-refractivity contribution < 1.29 is 0 Å². The summed E-state index contributed by atoms with van der Waals surface area (Å²) in [7, 11) is 0. The summed E-state index contributed by atoms with van der Waals surface area (Å²) in [4.78, 5) is 2.46. The van der Waals surface area contributed by atoms with Crippen LogP contribution in [-0.2, 0) is 0 Å². The van der Waals surface area contributed by atoms with Crippen molar-refractivity contribution in [2.45, 2.75) is 46.2 Å². The fraction of sp³-hybridized carbons (Fsp3) is 0.667. The summed E-state index contributed by atoms with van der Waals surface area (Å²) < 4.78 is 0. The first-order valence-corrected chi connectivity index (χ1v) is 5.29. The third kappa shape index (κ3) is 2.36. The molecule has 0 radical (unpaired) electrons. The average molecular weight is 179 g/mol. The van der Waals surface area contributed by atoms with Crippen LogP contribution in [0.15, 0.2) is 24.4 Å². The Morgan fingerprint density at radius 3 is 2.46 bits per heavy atom. The topological polar surface area (TPSA) is 3.24 Å². The van der Waals surface area contributed by atoms with Crippen molar-refractivity contribution in [2.24, 2.45) is 5.92 Å². The Kier molecular flexibility index (Phi) is 3.58. The van der Waals surface area contributed by atoms with E-state index < -0.39 is 0 Å². The Hall–Kier alpha value is -0.720. The summed E-state index contributed by atoms with van der Waals surface area (Å²) in [6.07, 6.45) is 10.0. The number of hydrogen-bond donors (Lipinski definition) is 0. The molecule has 1 aliphatic rings. The highest BCUT2D eigenvalue weighted by Crippen LogP contribution is 2.20. The number of allylic oxidation sites excluding steroid dienone is 2. The first-order valence-electron chi connectivity index (χ1n) is 5.29. The van der Waals surface area contributed by atoms with Crippen LogP contribution >= 0.6 is 0 Å². The zero-order valence-electron chi connectivity index (χ0n) is 9.20. The van der Waals surface area contributed by atoms with Crippen molar-refractivity contribution in [3.63, 3.8) is 0 Å². The standard InChI is InChI=1S/C12H21N/c1-5-11(4)13-9-7-6-8-12(13)10(2)3/h6-12H,5H2,1-4H3. The quantitative estimate of drug-likeness (QED) is 0.643. The molecule has 1 nitrogen and oxygen atoms in total. The van der Waals surface area contributed by atoms with Gasteiger partial charge in [-0.3, -0.25) is 0 Å². The molecule has 0 saturated heterocycles. The molecule has 13 heavy (non-hydrogen) atoms. The molecule has 0 aromatic rings. The molecule has 0 N–H and O–H groups in total. The average Bonchev–Trinajstić information content (AvgIpc) is 2.16. The summed E-state index contributed by atoms with van der Waals surface area (Å²) in [5, 5.41) is 0.